The van der Waals surface area contributed by atoms with E-state index in [0.717, 1.165) is 6.42 Å². The van der Waals surface area contributed by atoms with Gasteiger partial charge in [-0.15, -0.1) is 0 Å². The molecule has 21 heavy (non-hydrogen) atoms. The first kappa shape index (κ1) is 17.7. The third-order valence-corrected chi connectivity index (χ3v) is 4.28. The fraction of sp³-hybridized carbons (Fsp3) is 0.533. The topological polar surface area (TPSA) is 86.5 Å². The van der Waals surface area contributed by atoms with Crippen molar-refractivity contribution in [2.24, 2.45) is 10.6 Å². The molecule has 0 atom stereocenters. The average Bonchev–Trinajstić information content (AvgIpc) is 2.29. The number of ether oxygens (including phenoxy) is 1. The number of carbonyl (C=O) groups is 1. The Hall–Kier alpha value is -1.40. The second kappa shape index (κ2) is 6.15. The highest BCUT2D eigenvalue weighted by Gasteiger charge is 2.19. The molecule has 1 rings (SSSR count). The van der Waals surface area contributed by atoms with Gasteiger partial charge < -0.3 is 4.74 Å². The summed E-state index contributed by atoms with van der Waals surface area (Å²) in [5.74, 6) is -0.535. The zero-order chi connectivity index (χ0) is 16.4. The molecule has 0 radical (unpaired) electrons. The summed E-state index contributed by atoms with van der Waals surface area (Å²) in [4.78, 5) is 12.0. The zero-order valence-corrected chi connectivity index (χ0v) is 14.0. The van der Waals surface area contributed by atoms with Gasteiger partial charge in [0.25, 0.3) is 0 Å². The maximum atomic E-state index is 12.0. The number of primary sulfonamides is 1. The molecule has 0 unspecified atom stereocenters. The Morgan fingerprint density at radius 2 is 1.81 bits per heavy atom. The van der Waals surface area contributed by atoms with Crippen LogP contribution in [0.25, 0.3) is 0 Å². The first-order valence-electron chi connectivity index (χ1n) is 6.73. The lowest BCUT2D eigenvalue weighted by Crippen LogP contribution is -2.17. The maximum Gasteiger partial charge on any atom is 0.338 e. The monoisotopic (exact) mass is 313 g/mol. The van der Waals surface area contributed by atoms with Crippen LogP contribution < -0.4 is 5.14 Å². The Bertz CT molecular complexity index is 642. The van der Waals surface area contributed by atoms with Gasteiger partial charge in [0.1, 0.15) is 0 Å². The van der Waals surface area contributed by atoms with Crippen molar-refractivity contribution in [3.8, 4) is 0 Å². The van der Waals surface area contributed by atoms with Crippen LogP contribution >= 0.6 is 0 Å². The van der Waals surface area contributed by atoms with Crippen LogP contribution in [0.15, 0.2) is 17.0 Å². The second-order valence-corrected chi connectivity index (χ2v) is 7.94. The van der Waals surface area contributed by atoms with Crippen molar-refractivity contribution < 1.29 is 17.9 Å². The van der Waals surface area contributed by atoms with Crippen LogP contribution in [0.2, 0.25) is 0 Å². The van der Waals surface area contributed by atoms with Crippen LogP contribution in [-0.4, -0.2) is 21.0 Å². The van der Waals surface area contributed by atoms with E-state index >= 15 is 0 Å². The highest BCUT2D eigenvalue weighted by atomic mass is 32.2. The number of hydrogen-bond acceptors (Lipinski definition) is 4. The van der Waals surface area contributed by atoms with E-state index in [1.165, 1.54) is 6.07 Å². The Morgan fingerprint density at radius 3 is 2.29 bits per heavy atom. The summed E-state index contributed by atoms with van der Waals surface area (Å²) in [5, 5.41) is 5.17. The van der Waals surface area contributed by atoms with Crippen LogP contribution in [0.1, 0.15) is 48.7 Å². The van der Waals surface area contributed by atoms with Gasteiger partial charge in [0.2, 0.25) is 10.0 Å². The number of sulfonamides is 1. The lowest BCUT2D eigenvalue weighted by Gasteiger charge is -2.17. The van der Waals surface area contributed by atoms with Gasteiger partial charge in [-0.05, 0) is 48.9 Å². The highest BCUT2D eigenvalue weighted by Crippen LogP contribution is 2.22. The number of carbonyl (C=O) groups excluding carboxylic acids is 1. The highest BCUT2D eigenvalue weighted by molar-refractivity contribution is 7.89. The molecule has 5 nitrogen and oxygen atoms in total. The zero-order valence-electron chi connectivity index (χ0n) is 13.2. The summed E-state index contributed by atoms with van der Waals surface area (Å²) >= 11 is 0. The van der Waals surface area contributed by atoms with Crippen molar-refractivity contribution in [1.29, 1.82) is 0 Å². The third kappa shape index (κ3) is 5.13. The second-order valence-electron chi connectivity index (χ2n) is 6.41. The number of hydrogen-bond donors (Lipinski definition) is 1. The first-order chi connectivity index (χ1) is 9.42. The minimum atomic E-state index is -3.86. The van der Waals surface area contributed by atoms with Crippen molar-refractivity contribution in [3.05, 3.63) is 28.8 Å². The minimum absolute atomic E-state index is 0.0368. The predicted octanol–water partition coefficient (Wildman–Crippen LogP) is 2.54. The van der Waals surface area contributed by atoms with E-state index in [-0.39, 0.29) is 15.9 Å². The molecule has 0 aliphatic rings. The molecule has 2 N–H and O–H groups in total. The van der Waals surface area contributed by atoms with E-state index in [1.807, 2.05) is 0 Å². The lowest BCUT2D eigenvalue weighted by atomic mass is 9.93. The Balaban J connectivity index is 2.99. The van der Waals surface area contributed by atoms with Crippen molar-refractivity contribution in [2.75, 3.05) is 6.61 Å². The smallest absolute Gasteiger partial charge is 0.338 e. The molecule has 0 aliphatic carbocycles. The summed E-state index contributed by atoms with van der Waals surface area (Å²) in [5.41, 5.74) is 1.50. The SMILES string of the molecule is Cc1cc(C(=O)OCCC(C)(C)C)cc(S(N)(=O)=O)c1C. The number of benzene rings is 1. The van der Waals surface area contributed by atoms with Crippen LogP contribution in [0.3, 0.4) is 0 Å². The van der Waals surface area contributed by atoms with E-state index < -0.39 is 16.0 Å². The molecular weight excluding hydrogens is 290 g/mol. The lowest BCUT2D eigenvalue weighted by molar-refractivity contribution is 0.0464. The molecule has 0 amide bonds. The van der Waals surface area contributed by atoms with Crippen molar-refractivity contribution in [3.63, 3.8) is 0 Å². The average molecular weight is 313 g/mol. The van der Waals surface area contributed by atoms with Gasteiger partial charge in [0.05, 0.1) is 17.1 Å². The van der Waals surface area contributed by atoms with Gasteiger partial charge in [-0.25, -0.2) is 18.4 Å². The molecule has 0 aromatic heterocycles. The van der Waals surface area contributed by atoms with Gasteiger partial charge in [0.15, 0.2) is 0 Å². The van der Waals surface area contributed by atoms with Crippen molar-refractivity contribution in [1.82, 2.24) is 0 Å². The fourth-order valence-corrected chi connectivity index (χ4v) is 2.65. The molecule has 1 aromatic carbocycles. The molecule has 0 aliphatic heterocycles. The Kier molecular flexibility index (Phi) is 5.17. The molecule has 0 bridgehead atoms. The van der Waals surface area contributed by atoms with E-state index in [1.54, 1.807) is 19.9 Å². The van der Waals surface area contributed by atoms with Gasteiger partial charge in [-0.1, -0.05) is 20.8 Å². The standard InChI is InChI=1S/C15H23NO4S/c1-10-8-12(9-13(11(10)2)21(16,18)19)14(17)20-7-6-15(3,4)5/h8-9H,6-7H2,1-5H3,(H2,16,18,19). The molecule has 1 aromatic rings. The quantitative estimate of drug-likeness (QED) is 0.865. The van der Waals surface area contributed by atoms with Gasteiger partial charge in [-0.2, -0.15) is 0 Å². The van der Waals surface area contributed by atoms with E-state index in [0.29, 0.717) is 17.7 Å². The molecule has 6 heteroatoms. The van der Waals surface area contributed by atoms with Gasteiger partial charge >= 0.3 is 5.97 Å². The summed E-state index contributed by atoms with van der Waals surface area (Å²) in [6, 6.07) is 2.89. The molecule has 0 heterocycles. The molecule has 0 saturated heterocycles. The Labute approximate surface area is 126 Å². The van der Waals surface area contributed by atoms with E-state index in [2.05, 4.69) is 20.8 Å². The van der Waals surface area contributed by atoms with Crippen LogP contribution in [0, 0.1) is 19.3 Å². The van der Waals surface area contributed by atoms with Crippen LogP contribution in [-0.2, 0) is 14.8 Å². The molecule has 118 valence electrons. The van der Waals surface area contributed by atoms with Crippen molar-refractivity contribution in [2.45, 2.75) is 45.9 Å². The summed E-state index contributed by atoms with van der Waals surface area (Å²) in [6.45, 7) is 9.83. The van der Waals surface area contributed by atoms with Crippen LogP contribution in [0.4, 0.5) is 0 Å². The molecule has 0 fully saturated rings. The summed E-state index contributed by atoms with van der Waals surface area (Å²) in [7, 11) is -3.86. The Morgan fingerprint density at radius 1 is 1.24 bits per heavy atom. The number of aryl methyl sites for hydroxylation is 1. The molecule has 0 saturated carbocycles. The minimum Gasteiger partial charge on any atom is -0.462 e. The largest absolute Gasteiger partial charge is 0.462 e. The fourth-order valence-electron chi connectivity index (χ4n) is 1.77. The third-order valence-electron chi connectivity index (χ3n) is 3.25. The number of nitrogens with two attached hydrogens (primary N) is 1. The predicted molar refractivity (Wildman–Crippen MR) is 81.6 cm³/mol. The first-order valence-corrected chi connectivity index (χ1v) is 8.27. The van der Waals surface area contributed by atoms with Crippen LogP contribution in [0.5, 0.6) is 0 Å². The van der Waals surface area contributed by atoms with Gasteiger partial charge in [0, 0.05) is 0 Å². The normalized spacial score (nSPS) is 12.3. The maximum absolute atomic E-state index is 12.0. The molecule has 0 spiro atoms. The molecular formula is C15H23NO4S. The van der Waals surface area contributed by atoms with Crippen molar-refractivity contribution >= 4 is 16.0 Å². The van der Waals surface area contributed by atoms with E-state index in [9.17, 15) is 13.2 Å². The summed E-state index contributed by atoms with van der Waals surface area (Å²) < 4.78 is 28.3. The number of rotatable bonds is 4. The summed E-state index contributed by atoms with van der Waals surface area (Å²) in [6.07, 6.45) is 0.728. The van der Waals surface area contributed by atoms with E-state index in [4.69, 9.17) is 9.88 Å². The van der Waals surface area contributed by atoms with Gasteiger partial charge in [-0.3, -0.25) is 0 Å². The number of esters is 1.